The zero-order valence-corrected chi connectivity index (χ0v) is 24.2. The van der Waals surface area contributed by atoms with E-state index in [4.69, 9.17) is 18.9 Å². The van der Waals surface area contributed by atoms with E-state index >= 15 is 0 Å². The maximum atomic E-state index is 12.3. The maximum absolute atomic E-state index is 12.3. The summed E-state index contributed by atoms with van der Waals surface area (Å²) in [6.07, 6.45) is 18.6. The standard InChI is InChI=1S/C27H44O7.Ca.2H/c1-4-5-6-7-8-9-10-11-12-13-14-15-16-17-18-19-22(28)32-25-23(29)26(30)33-24(25)21-20-31-27(2,3)34-21;;;/h11-12,21,24,29H,4-10,13-20H2,1-3H3;;;/q;+2;2*-1/b12-11-;;;. The molecule has 2 atom stereocenters. The van der Waals surface area contributed by atoms with Crippen LogP contribution in [-0.2, 0) is 28.5 Å². The van der Waals surface area contributed by atoms with Crippen molar-refractivity contribution in [3.05, 3.63) is 23.7 Å². The van der Waals surface area contributed by atoms with Crippen LogP contribution in [0.15, 0.2) is 23.7 Å². The number of hydrogen-bond donors (Lipinski definition) is 1. The van der Waals surface area contributed by atoms with Gasteiger partial charge in [0, 0.05) is 6.42 Å². The summed E-state index contributed by atoms with van der Waals surface area (Å²) in [6, 6.07) is 0. The maximum Gasteiger partial charge on any atom is 2.00 e. The third-order valence-electron chi connectivity index (χ3n) is 6.15. The largest absolute Gasteiger partial charge is 2.00 e. The summed E-state index contributed by atoms with van der Waals surface area (Å²) < 4.78 is 21.6. The third-order valence-corrected chi connectivity index (χ3v) is 6.15. The minimum atomic E-state index is -0.979. The van der Waals surface area contributed by atoms with E-state index in [1.807, 2.05) is 0 Å². The van der Waals surface area contributed by atoms with Crippen molar-refractivity contribution in [2.75, 3.05) is 6.61 Å². The molecule has 0 bridgehead atoms. The first-order valence-corrected chi connectivity index (χ1v) is 13.2. The quantitative estimate of drug-likeness (QED) is 0.104. The first-order chi connectivity index (χ1) is 16.3. The van der Waals surface area contributed by atoms with Gasteiger partial charge in [-0.2, -0.15) is 0 Å². The summed E-state index contributed by atoms with van der Waals surface area (Å²) in [7, 11) is 0. The number of aliphatic hydroxyl groups excluding tert-OH is 1. The molecule has 1 fully saturated rings. The van der Waals surface area contributed by atoms with Crippen LogP contribution in [0.4, 0.5) is 0 Å². The van der Waals surface area contributed by atoms with Gasteiger partial charge in [-0.1, -0.05) is 70.4 Å². The zero-order valence-electron chi connectivity index (χ0n) is 24.0. The number of hydrogen-bond acceptors (Lipinski definition) is 7. The van der Waals surface area contributed by atoms with Crippen LogP contribution in [0.2, 0.25) is 0 Å². The van der Waals surface area contributed by atoms with E-state index in [0.29, 0.717) is 6.42 Å². The monoisotopic (exact) mass is 522 g/mol. The van der Waals surface area contributed by atoms with Gasteiger partial charge in [0.15, 0.2) is 11.9 Å². The van der Waals surface area contributed by atoms with Crippen LogP contribution in [0.3, 0.4) is 0 Å². The molecule has 198 valence electrons. The van der Waals surface area contributed by atoms with E-state index < -0.39 is 35.7 Å². The van der Waals surface area contributed by atoms with Crippen molar-refractivity contribution in [1.29, 1.82) is 0 Å². The molecule has 8 heteroatoms. The Morgan fingerprint density at radius 3 is 2.17 bits per heavy atom. The van der Waals surface area contributed by atoms with E-state index in [9.17, 15) is 14.7 Å². The van der Waals surface area contributed by atoms with Gasteiger partial charge in [-0.3, -0.25) is 4.79 Å². The second-order valence-corrected chi connectivity index (χ2v) is 9.71. The van der Waals surface area contributed by atoms with Gasteiger partial charge in [-0.15, -0.1) is 0 Å². The predicted molar refractivity (Wildman–Crippen MR) is 138 cm³/mol. The normalized spacial score (nSPS) is 21.4. The number of allylic oxidation sites excluding steroid dienone is 2. The second-order valence-electron chi connectivity index (χ2n) is 9.71. The molecule has 1 saturated heterocycles. The summed E-state index contributed by atoms with van der Waals surface area (Å²) in [5.74, 6) is -3.07. The average molecular weight is 523 g/mol. The summed E-state index contributed by atoms with van der Waals surface area (Å²) in [6.45, 7) is 5.90. The predicted octanol–water partition coefficient (Wildman–Crippen LogP) is 6.26. The number of cyclic esters (lactones) is 1. The Morgan fingerprint density at radius 1 is 1.03 bits per heavy atom. The Morgan fingerprint density at radius 2 is 1.60 bits per heavy atom. The molecule has 0 spiro atoms. The Bertz CT molecular complexity index is 713. The molecule has 2 unspecified atom stereocenters. The van der Waals surface area contributed by atoms with Crippen molar-refractivity contribution in [2.24, 2.45) is 0 Å². The van der Waals surface area contributed by atoms with Gasteiger partial charge in [-0.05, 0) is 46.0 Å². The van der Waals surface area contributed by atoms with E-state index in [1.54, 1.807) is 13.8 Å². The number of unbranched alkanes of at least 4 members (excludes halogenated alkanes) is 11. The van der Waals surface area contributed by atoms with Gasteiger partial charge in [0.05, 0.1) is 6.61 Å². The first-order valence-electron chi connectivity index (χ1n) is 13.2. The molecule has 1 N–H and O–H groups in total. The number of esters is 2. The van der Waals surface area contributed by atoms with E-state index in [1.165, 1.54) is 51.4 Å². The summed E-state index contributed by atoms with van der Waals surface area (Å²) in [5.41, 5.74) is 0. The molecule has 2 aliphatic heterocycles. The molecular formula is C27H46CaO7. The molecule has 0 aromatic heterocycles. The summed E-state index contributed by atoms with van der Waals surface area (Å²) in [4.78, 5) is 24.0. The number of carbonyl (C=O) groups is 2. The molecule has 0 aromatic carbocycles. The Kier molecular flexibility index (Phi) is 16.5. The number of ether oxygens (including phenoxy) is 4. The van der Waals surface area contributed by atoms with Gasteiger partial charge in [0.25, 0.3) is 0 Å². The second kappa shape index (κ2) is 17.8. The fourth-order valence-electron chi connectivity index (χ4n) is 4.19. The smallest absolute Gasteiger partial charge is 1.00 e. The molecule has 35 heavy (non-hydrogen) atoms. The Labute approximate surface area is 243 Å². The van der Waals surface area contributed by atoms with Crippen LogP contribution in [-0.4, -0.2) is 79.4 Å². The van der Waals surface area contributed by atoms with Gasteiger partial charge < -0.3 is 26.9 Å². The van der Waals surface area contributed by atoms with Gasteiger partial charge in [-0.25, -0.2) is 4.79 Å². The Hall–Kier alpha value is -0.600. The van der Waals surface area contributed by atoms with E-state index in [-0.39, 0.29) is 59.4 Å². The molecule has 2 heterocycles. The molecule has 0 aliphatic carbocycles. The van der Waals surface area contributed by atoms with Crippen LogP contribution in [0.5, 0.6) is 0 Å². The van der Waals surface area contributed by atoms with Crippen molar-refractivity contribution in [3.63, 3.8) is 0 Å². The average Bonchev–Trinajstić information content (AvgIpc) is 3.29. The molecule has 0 amide bonds. The summed E-state index contributed by atoms with van der Waals surface area (Å²) in [5, 5.41) is 10.00. The number of rotatable bonds is 17. The SMILES string of the molecule is CCCCCCCC/C=C\CCCCCCCC(=O)OC1=C(O)C(=O)OC1C1COC(C)(C)O1.[Ca+2].[H-].[H-]. The Balaban J connectivity index is 0. The van der Waals surface area contributed by atoms with Crippen LogP contribution >= 0.6 is 0 Å². The molecule has 2 rings (SSSR count). The van der Waals surface area contributed by atoms with Crippen molar-refractivity contribution in [1.82, 2.24) is 0 Å². The van der Waals surface area contributed by atoms with Crippen molar-refractivity contribution in [3.8, 4) is 0 Å². The first kappa shape index (κ1) is 32.4. The minimum absolute atomic E-state index is 0. The van der Waals surface area contributed by atoms with Gasteiger partial charge in [0.1, 0.15) is 6.10 Å². The van der Waals surface area contributed by atoms with Crippen LogP contribution in [0, 0.1) is 0 Å². The fraction of sp³-hybridized carbons (Fsp3) is 0.778. The zero-order chi connectivity index (χ0) is 24.8. The summed E-state index contributed by atoms with van der Waals surface area (Å²) >= 11 is 0. The molecule has 0 radical (unpaired) electrons. The molecular weight excluding hydrogens is 476 g/mol. The molecule has 7 nitrogen and oxygen atoms in total. The number of aliphatic hydroxyl groups is 1. The van der Waals surface area contributed by atoms with Crippen LogP contribution < -0.4 is 0 Å². The van der Waals surface area contributed by atoms with Crippen molar-refractivity contribution < 1.29 is 36.5 Å². The van der Waals surface area contributed by atoms with Gasteiger partial charge >= 0.3 is 49.7 Å². The third kappa shape index (κ3) is 12.5. The number of carbonyl (C=O) groups excluding carboxylic acids is 2. The van der Waals surface area contributed by atoms with E-state index in [2.05, 4.69) is 19.1 Å². The molecule has 0 aromatic rings. The molecule has 0 saturated carbocycles. The van der Waals surface area contributed by atoms with Crippen LogP contribution in [0.25, 0.3) is 0 Å². The minimum Gasteiger partial charge on any atom is -1.00 e. The van der Waals surface area contributed by atoms with Crippen molar-refractivity contribution in [2.45, 2.75) is 129 Å². The topological polar surface area (TPSA) is 91.3 Å². The van der Waals surface area contributed by atoms with Crippen molar-refractivity contribution >= 4 is 49.7 Å². The van der Waals surface area contributed by atoms with Crippen LogP contribution in [0.1, 0.15) is 114 Å². The van der Waals surface area contributed by atoms with E-state index in [0.717, 1.165) is 25.7 Å². The molecule has 2 aliphatic rings. The fourth-order valence-corrected chi connectivity index (χ4v) is 4.19. The van der Waals surface area contributed by atoms with Gasteiger partial charge in [0.2, 0.25) is 11.5 Å².